The van der Waals surface area contributed by atoms with Crippen LogP contribution in [0.3, 0.4) is 0 Å². The van der Waals surface area contributed by atoms with Crippen molar-refractivity contribution in [1.29, 1.82) is 0 Å². The monoisotopic (exact) mass is 242 g/mol. The third kappa shape index (κ3) is 1.27. The van der Waals surface area contributed by atoms with Gasteiger partial charge in [-0.2, -0.15) is 0 Å². The third-order valence-corrected chi connectivity index (χ3v) is 6.64. The smallest absolute Gasteiger partial charge is 0.0161 e. The Morgan fingerprint density at radius 3 is 2.67 bits per heavy atom. The first-order valence-corrected chi connectivity index (χ1v) is 8.19. The summed E-state index contributed by atoms with van der Waals surface area (Å²) in [7, 11) is 0. The van der Waals surface area contributed by atoms with Gasteiger partial charge in [0.05, 0.1) is 0 Å². The zero-order chi connectivity index (χ0) is 12.3. The molecule has 0 N–H and O–H groups in total. The summed E-state index contributed by atoms with van der Waals surface area (Å²) in [6.07, 6.45) is 14.9. The Balaban J connectivity index is 1.64. The van der Waals surface area contributed by atoms with Crippen LogP contribution >= 0.6 is 0 Å². The second-order valence-corrected chi connectivity index (χ2v) is 7.15. The van der Waals surface area contributed by atoms with Crippen molar-refractivity contribution < 1.29 is 0 Å². The lowest BCUT2D eigenvalue weighted by molar-refractivity contribution is 0.187. The standard InChI is InChI=1S/C18H26/c1-3-5-6-14-13(4-2)15-10-16(14)18-12-8-7-11(9-12)17(15)18/h4,7-8,11-12,14-18H,3,5-6,9-10H2,1-2H3. The molecule has 0 aliphatic heterocycles. The number of unbranched alkanes of at least 4 members (excludes halogenated alkanes) is 1. The molecular weight excluding hydrogens is 216 g/mol. The van der Waals surface area contributed by atoms with Gasteiger partial charge in [-0.15, -0.1) is 0 Å². The molecule has 0 aromatic heterocycles. The Labute approximate surface area is 112 Å². The number of rotatable bonds is 3. The average molecular weight is 242 g/mol. The fourth-order valence-electron chi connectivity index (χ4n) is 6.22. The van der Waals surface area contributed by atoms with Crippen LogP contribution in [0.2, 0.25) is 0 Å². The summed E-state index contributed by atoms with van der Waals surface area (Å²) in [5.74, 6) is 7.05. The highest BCUT2D eigenvalue weighted by Crippen LogP contribution is 2.69. The summed E-state index contributed by atoms with van der Waals surface area (Å²) in [4.78, 5) is 0. The highest BCUT2D eigenvalue weighted by molar-refractivity contribution is 5.31. The van der Waals surface area contributed by atoms with Gasteiger partial charge in [-0.25, -0.2) is 0 Å². The van der Waals surface area contributed by atoms with Gasteiger partial charge in [-0.3, -0.25) is 0 Å². The van der Waals surface area contributed by atoms with Gasteiger partial charge in [0.25, 0.3) is 0 Å². The van der Waals surface area contributed by atoms with Crippen LogP contribution < -0.4 is 0 Å². The molecule has 0 spiro atoms. The fraction of sp³-hybridized carbons (Fsp3) is 0.778. The van der Waals surface area contributed by atoms with Gasteiger partial charge >= 0.3 is 0 Å². The maximum atomic E-state index is 2.57. The first-order valence-electron chi connectivity index (χ1n) is 8.19. The zero-order valence-corrected chi connectivity index (χ0v) is 11.8. The van der Waals surface area contributed by atoms with E-state index < -0.39 is 0 Å². The maximum absolute atomic E-state index is 2.57. The molecular formula is C18H26. The molecule has 0 nitrogen and oxygen atoms in total. The molecule has 7 atom stereocenters. The van der Waals surface area contributed by atoms with Gasteiger partial charge in [0.2, 0.25) is 0 Å². The van der Waals surface area contributed by atoms with Crippen LogP contribution in [0, 0.1) is 41.4 Å². The molecule has 18 heavy (non-hydrogen) atoms. The number of allylic oxidation sites excluding steroid dienone is 4. The van der Waals surface area contributed by atoms with E-state index in [0.717, 1.165) is 41.4 Å². The Morgan fingerprint density at radius 2 is 1.94 bits per heavy atom. The predicted octanol–water partition coefficient (Wildman–Crippen LogP) is 4.83. The summed E-state index contributed by atoms with van der Waals surface area (Å²) >= 11 is 0. The largest absolute Gasteiger partial charge is 0.0879 e. The fourth-order valence-corrected chi connectivity index (χ4v) is 6.22. The van der Waals surface area contributed by atoms with E-state index in [1.165, 1.54) is 32.1 Å². The van der Waals surface area contributed by atoms with Crippen LogP contribution in [-0.4, -0.2) is 0 Å². The van der Waals surface area contributed by atoms with Gasteiger partial charge in [-0.05, 0) is 67.6 Å². The van der Waals surface area contributed by atoms with E-state index in [9.17, 15) is 0 Å². The van der Waals surface area contributed by atoms with Gasteiger partial charge in [0, 0.05) is 0 Å². The molecule has 98 valence electrons. The van der Waals surface area contributed by atoms with E-state index in [1.807, 2.05) is 5.57 Å². The van der Waals surface area contributed by atoms with Crippen LogP contribution in [0.5, 0.6) is 0 Å². The van der Waals surface area contributed by atoms with Crippen LogP contribution in [0.15, 0.2) is 23.8 Å². The van der Waals surface area contributed by atoms with Crippen molar-refractivity contribution in [2.45, 2.75) is 46.0 Å². The predicted molar refractivity (Wildman–Crippen MR) is 76.1 cm³/mol. The van der Waals surface area contributed by atoms with E-state index in [1.54, 1.807) is 0 Å². The molecule has 4 bridgehead atoms. The van der Waals surface area contributed by atoms with Crippen molar-refractivity contribution in [3.05, 3.63) is 23.8 Å². The minimum atomic E-state index is 0.956. The molecule has 3 fully saturated rings. The van der Waals surface area contributed by atoms with Crippen molar-refractivity contribution in [2.75, 3.05) is 0 Å². The minimum absolute atomic E-state index is 0.956. The van der Waals surface area contributed by atoms with Crippen molar-refractivity contribution in [3.63, 3.8) is 0 Å². The zero-order valence-electron chi connectivity index (χ0n) is 11.8. The normalized spacial score (nSPS) is 53.7. The Kier molecular flexibility index (Phi) is 2.51. The molecule has 0 aromatic rings. The molecule has 4 aliphatic carbocycles. The average Bonchev–Trinajstić information content (AvgIpc) is 3.11. The van der Waals surface area contributed by atoms with Crippen LogP contribution in [0.1, 0.15) is 46.0 Å². The van der Waals surface area contributed by atoms with E-state index >= 15 is 0 Å². The molecule has 7 unspecified atom stereocenters. The topological polar surface area (TPSA) is 0 Å². The molecule has 4 aliphatic rings. The van der Waals surface area contributed by atoms with Crippen LogP contribution in [0.25, 0.3) is 0 Å². The number of hydrogen-bond acceptors (Lipinski definition) is 0. The Hall–Kier alpha value is -0.520. The summed E-state index contributed by atoms with van der Waals surface area (Å²) in [6, 6.07) is 0. The van der Waals surface area contributed by atoms with E-state index in [0.29, 0.717) is 0 Å². The number of hydrogen-bond donors (Lipinski definition) is 0. The molecule has 4 rings (SSSR count). The first-order chi connectivity index (χ1) is 8.85. The molecule has 0 heterocycles. The van der Waals surface area contributed by atoms with Crippen molar-refractivity contribution in [1.82, 2.24) is 0 Å². The Bertz CT molecular complexity index is 402. The SMILES string of the molecule is CC=C1C(CCCC)C2CC1C1C3C=CC(C3)C21. The summed E-state index contributed by atoms with van der Waals surface area (Å²) in [6.45, 7) is 4.64. The molecule has 3 saturated carbocycles. The quantitative estimate of drug-likeness (QED) is 0.491. The second-order valence-electron chi connectivity index (χ2n) is 7.15. The van der Waals surface area contributed by atoms with Crippen molar-refractivity contribution in [2.24, 2.45) is 41.4 Å². The van der Waals surface area contributed by atoms with Gasteiger partial charge in [-0.1, -0.05) is 43.6 Å². The first kappa shape index (κ1) is 11.3. The highest BCUT2D eigenvalue weighted by Gasteiger charge is 2.62. The van der Waals surface area contributed by atoms with Gasteiger partial charge in [0.1, 0.15) is 0 Å². The highest BCUT2D eigenvalue weighted by atomic mass is 14.7. The van der Waals surface area contributed by atoms with E-state index in [2.05, 4.69) is 32.1 Å². The molecule has 0 radical (unpaired) electrons. The summed E-state index contributed by atoms with van der Waals surface area (Å²) in [5, 5.41) is 0. The van der Waals surface area contributed by atoms with Gasteiger partial charge in [0.15, 0.2) is 0 Å². The molecule has 0 amide bonds. The lowest BCUT2D eigenvalue weighted by Crippen LogP contribution is -2.32. The lowest BCUT2D eigenvalue weighted by atomic mass is 9.66. The van der Waals surface area contributed by atoms with Gasteiger partial charge < -0.3 is 0 Å². The van der Waals surface area contributed by atoms with E-state index in [-0.39, 0.29) is 0 Å². The van der Waals surface area contributed by atoms with E-state index in [4.69, 9.17) is 0 Å². The molecule has 0 saturated heterocycles. The van der Waals surface area contributed by atoms with Crippen LogP contribution in [-0.2, 0) is 0 Å². The van der Waals surface area contributed by atoms with Crippen molar-refractivity contribution >= 4 is 0 Å². The third-order valence-electron chi connectivity index (χ3n) is 6.64. The number of fused-ring (bicyclic) bond motifs is 9. The summed E-state index contributed by atoms with van der Waals surface area (Å²) < 4.78 is 0. The lowest BCUT2D eigenvalue weighted by Gasteiger charge is -2.38. The maximum Gasteiger partial charge on any atom is -0.0161 e. The summed E-state index contributed by atoms with van der Waals surface area (Å²) in [5.41, 5.74) is 1.87. The second kappa shape index (κ2) is 3.99. The van der Waals surface area contributed by atoms with Crippen molar-refractivity contribution in [3.8, 4) is 0 Å². The molecule has 0 heteroatoms. The van der Waals surface area contributed by atoms with Crippen LogP contribution in [0.4, 0.5) is 0 Å². The molecule has 0 aromatic carbocycles. The Morgan fingerprint density at radius 1 is 1.17 bits per heavy atom. The minimum Gasteiger partial charge on any atom is -0.0879 e.